The molecule has 7 heteroatoms. The molecule has 1 fully saturated rings. The molecule has 5 nitrogen and oxygen atoms in total. The SMILES string of the molecule is O=S(=O)(c1ccc(SCCOc2ccccc2)nc1)N1CCCCC1. The summed E-state index contributed by atoms with van der Waals surface area (Å²) in [7, 11) is -3.40. The monoisotopic (exact) mass is 378 g/mol. The molecule has 2 aromatic rings. The molecule has 0 saturated carbocycles. The summed E-state index contributed by atoms with van der Waals surface area (Å²) in [4.78, 5) is 4.56. The Morgan fingerprint density at radius 3 is 2.48 bits per heavy atom. The van der Waals surface area contributed by atoms with E-state index in [4.69, 9.17) is 4.74 Å². The molecule has 1 aromatic carbocycles. The Morgan fingerprint density at radius 2 is 1.80 bits per heavy atom. The molecule has 0 N–H and O–H groups in total. The summed E-state index contributed by atoms with van der Waals surface area (Å²) in [6.45, 7) is 1.79. The first kappa shape index (κ1) is 18.2. The number of aromatic nitrogens is 1. The molecule has 3 rings (SSSR count). The molecular formula is C18H22N2O3S2. The first-order valence-corrected chi connectivity index (χ1v) is 10.9. The van der Waals surface area contributed by atoms with Crippen LogP contribution in [0.2, 0.25) is 0 Å². The van der Waals surface area contributed by atoms with Gasteiger partial charge in [0.2, 0.25) is 10.0 Å². The Balaban J connectivity index is 1.51. The van der Waals surface area contributed by atoms with Gasteiger partial charge in [0.1, 0.15) is 10.6 Å². The second kappa shape index (κ2) is 8.69. The van der Waals surface area contributed by atoms with Crippen LogP contribution in [0, 0.1) is 0 Å². The Hall–Kier alpha value is -1.57. The zero-order chi connectivity index (χ0) is 17.5. The highest BCUT2D eigenvalue weighted by atomic mass is 32.2. The minimum absolute atomic E-state index is 0.277. The fourth-order valence-corrected chi connectivity index (χ4v) is 4.81. The van der Waals surface area contributed by atoms with Crippen molar-refractivity contribution in [1.82, 2.24) is 9.29 Å². The van der Waals surface area contributed by atoms with Gasteiger partial charge in [-0.25, -0.2) is 13.4 Å². The first-order chi connectivity index (χ1) is 12.2. The maximum atomic E-state index is 12.6. The molecule has 0 unspecified atom stereocenters. The predicted octanol–water partition coefficient (Wildman–Crippen LogP) is 3.43. The number of sulfonamides is 1. The number of hydrogen-bond donors (Lipinski definition) is 0. The average Bonchev–Trinajstić information content (AvgIpc) is 2.67. The van der Waals surface area contributed by atoms with Gasteiger partial charge in [-0.05, 0) is 37.1 Å². The molecule has 1 aliphatic heterocycles. The number of benzene rings is 1. The molecule has 1 aliphatic rings. The lowest BCUT2D eigenvalue weighted by atomic mass is 10.2. The maximum Gasteiger partial charge on any atom is 0.244 e. The van der Waals surface area contributed by atoms with Crippen molar-refractivity contribution in [2.75, 3.05) is 25.4 Å². The molecule has 0 amide bonds. The number of thioether (sulfide) groups is 1. The van der Waals surface area contributed by atoms with Gasteiger partial charge < -0.3 is 4.74 Å². The fourth-order valence-electron chi connectivity index (χ4n) is 2.68. The molecule has 134 valence electrons. The largest absolute Gasteiger partial charge is 0.493 e. The van der Waals surface area contributed by atoms with Crippen molar-refractivity contribution in [3.63, 3.8) is 0 Å². The molecule has 0 aliphatic carbocycles. The van der Waals surface area contributed by atoms with Crippen LogP contribution in [0.4, 0.5) is 0 Å². The van der Waals surface area contributed by atoms with E-state index >= 15 is 0 Å². The smallest absolute Gasteiger partial charge is 0.244 e. The number of nitrogens with zero attached hydrogens (tertiary/aromatic N) is 2. The molecule has 0 spiro atoms. The summed E-state index contributed by atoms with van der Waals surface area (Å²) in [5.41, 5.74) is 0. The Morgan fingerprint density at radius 1 is 1.04 bits per heavy atom. The van der Waals surface area contributed by atoms with Crippen molar-refractivity contribution in [1.29, 1.82) is 0 Å². The molecule has 1 saturated heterocycles. The van der Waals surface area contributed by atoms with Gasteiger partial charge in [-0.15, -0.1) is 11.8 Å². The Bertz CT molecular complexity index is 759. The zero-order valence-corrected chi connectivity index (χ0v) is 15.6. The number of ether oxygens (including phenoxy) is 1. The van der Waals surface area contributed by atoms with Crippen LogP contribution in [0.25, 0.3) is 0 Å². The predicted molar refractivity (Wildman–Crippen MR) is 99.5 cm³/mol. The van der Waals surface area contributed by atoms with E-state index in [2.05, 4.69) is 4.98 Å². The molecule has 0 bridgehead atoms. The van der Waals surface area contributed by atoms with Crippen molar-refractivity contribution in [3.8, 4) is 5.75 Å². The standard InChI is InChI=1S/C18H22N2O3S2/c21-25(22,20-11-5-2-6-12-20)17-9-10-18(19-15-17)24-14-13-23-16-7-3-1-4-8-16/h1,3-4,7-10,15H,2,5-6,11-14H2. The minimum Gasteiger partial charge on any atom is -0.493 e. The fraction of sp³-hybridized carbons (Fsp3) is 0.389. The summed E-state index contributed by atoms with van der Waals surface area (Å²) in [5, 5.41) is 0.800. The lowest BCUT2D eigenvalue weighted by molar-refractivity contribution is 0.344. The quantitative estimate of drug-likeness (QED) is 0.546. The van der Waals surface area contributed by atoms with Crippen molar-refractivity contribution in [3.05, 3.63) is 48.7 Å². The second-order valence-electron chi connectivity index (χ2n) is 5.81. The molecule has 25 heavy (non-hydrogen) atoms. The topological polar surface area (TPSA) is 59.5 Å². The van der Waals surface area contributed by atoms with Crippen molar-refractivity contribution in [2.24, 2.45) is 0 Å². The van der Waals surface area contributed by atoms with E-state index in [1.54, 1.807) is 28.2 Å². The average molecular weight is 379 g/mol. The normalized spacial score (nSPS) is 15.8. The van der Waals surface area contributed by atoms with Crippen molar-refractivity contribution >= 4 is 21.8 Å². The van der Waals surface area contributed by atoms with Gasteiger partial charge in [-0.1, -0.05) is 24.6 Å². The third-order valence-corrected chi connectivity index (χ3v) is 6.80. The first-order valence-electron chi connectivity index (χ1n) is 8.43. The Kier molecular flexibility index (Phi) is 6.34. The highest BCUT2D eigenvalue weighted by molar-refractivity contribution is 7.99. The zero-order valence-electron chi connectivity index (χ0n) is 14.0. The van der Waals surface area contributed by atoms with Gasteiger partial charge in [0.25, 0.3) is 0 Å². The highest BCUT2D eigenvalue weighted by Crippen LogP contribution is 2.22. The van der Waals surface area contributed by atoms with Gasteiger partial charge in [0.15, 0.2) is 0 Å². The van der Waals surface area contributed by atoms with E-state index in [9.17, 15) is 8.42 Å². The second-order valence-corrected chi connectivity index (χ2v) is 8.86. The summed E-state index contributed by atoms with van der Waals surface area (Å²) < 4.78 is 32.3. The summed E-state index contributed by atoms with van der Waals surface area (Å²) in [5.74, 6) is 1.60. The van der Waals surface area contributed by atoms with Crippen LogP contribution in [0.5, 0.6) is 5.75 Å². The number of pyridine rings is 1. The molecule has 2 heterocycles. The number of rotatable bonds is 7. The van der Waals surface area contributed by atoms with Gasteiger partial charge in [0, 0.05) is 25.0 Å². The summed E-state index contributed by atoms with van der Waals surface area (Å²) in [6, 6.07) is 13.1. The number of piperidine rings is 1. The highest BCUT2D eigenvalue weighted by Gasteiger charge is 2.26. The van der Waals surface area contributed by atoms with Gasteiger partial charge in [0.05, 0.1) is 11.6 Å². The van der Waals surface area contributed by atoms with Crippen LogP contribution in [0.1, 0.15) is 19.3 Å². The third-order valence-electron chi connectivity index (χ3n) is 4.01. The number of para-hydroxylation sites is 1. The van der Waals surface area contributed by atoms with Crippen molar-refractivity contribution in [2.45, 2.75) is 29.2 Å². The van der Waals surface area contributed by atoms with Crippen molar-refractivity contribution < 1.29 is 13.2 Å². The lowest BCUT2D eigenvalue weighted by Crippen LogP contribution is -2.35. The minimum atomic E-state index is -3.40. The van der Waals surface area contributed by atoms with Gasteiger partial charge in [-0.2, -0.15) is 4.31 Å². The maximum absolute atomic E-state index is 12.6. The van der Waals surface area contributed by atoms with E-state index in [1.807, 2.05) is 30.3 Å². The van der Waals surface area contributed by atoms with E-state index in [0.29, 0.717) is 19.7 Å². The van der Waals surface area contributed by atoms with Crippen LogP contribution in [0.3, 0.4) is 0 Å². The van der Waals surface area contributed by atoms with Gasteiger partial charge >= 0.3 is 0 Å². The Labute approximate surface area is 153 Å². The van der Waals surface area contributed by atoms with Crippen LogP contribution in [-0.4, -0.2) is 43.2 Å². The molecule has 0 atom stereocenters. The van der Waals surface area contributed by atoms with Crippen LogP contribution >= 0.6 is 11.8 Å². The van der Waals surface area contributed by atoms with Crippen LogP contribution in [-0.2, 0) is 10.0 Å². The number of hydrogen-bond acceptors (Lipinski definition) is 5. The van der Waals surface area contributed by atoms with E-state index in [1.165, 1.54) is 6.20 Å². The third kappa shape index (κ3) is 4.96. The van der Waals surface area contributed by atoms with E-state index in [-0.39, 0.29) is 4.90 Å². The molecule has 1 aromatic heterocycles. The molecular weight excluding hydrogens is 356 g/mol. The summed E-state index contributed by atoms with van der Waals surface area (Å²) in [6.07, 6.45) is 4.43. The summed E-state index contributed by atoms with van der Waals surface area (Å²) >= 11 is 1.55. The molecule has 0 radical (unpaired) electrons. The van der Waals surface area contributed by atoms with Gasteiger partial charge in [-0.3, -0.25) is 0 Å². The van der Waals surface area contributed by atoms with E-state index in [0.717, 1.165) is 35.8 Å². The van der Waals surface area contributed by atoms with Crippen LogP contribution in [0.15, 0.2) is 58.6 Å². The van der Waals surface area contributed by atoms with E-state index < -0.39 is 10.0 Å². The van der Waals surface area contributed by atoms with Crippen LogP contribution < -0.4 is 4.74 Å². The lowest BCUT2D eigenvalue weighted by Gasteiger charge is -2.25.